The van der Waals surface area contributed by atoms with Crippen LogP contribution in [0.4, 0.5) is 0 Å². The van der Waals surface area contributed by atoms with Gasteiger partial charge in [0.05, 0.1) is 12.3 Å². The number of hydrogen-bond acceptors (Lipinski definition) is 4. The van der Waals surface area contributed by atoms with Gasteiger partial charge in [-0.15, -0.1) is 0 Å². The summed E-state index contributed by atoms with van der Waals surface area (Å²) in [5.74, 6) is -0.108. The molecule has 0 atom stereocenters. The minimum atomic E-state index is -0.108. The van der Waals surface area contributed by atoms with Crippen molar-refractivity contribution in [2.45, 2.75) is 13.5 Å². The number of benzene rings is 1. The number of carbonyl (C=O) groups excluding carboxylic acids is 1. The molecule has 0 saturated heterocycles. The first-order valence-electron chi connectivity index (χ1n) is 7.84. The fourth-order valence-electron chi connectivity index (χ4n) is 2.73. The Morgan fingerprint density at radius 1 is 1.25 bits per heavy atom. The number of aryl methyl sites for hydroxylation is 1. The largest absolute Gasteiger partial charge is 0.383 e. The van der Waals surface area contributed by atoms with Gasteiger partial charge in [0, 0.05) is 25.2 Å². The second kappa shape index (κ2) is 7.23. The Labute approximate surface area is 140 Å². The number of rotatable bonds is 6. The lowest BCUT2D eigenvalue weighted by Crippen LogP contribution is -2.30. The van der Waals surface area contributed by atoms with Gasteiger partial charge in [0.15, 0.2) is 5.65 Å². The number of ether oxygens (including phenoxy) is 1. The third kappa shape index (κ3) is 3.28. The van der Waals surface area contributed by atoms with E-state index in [0.29, 0.717) is 13.2 Å². The third-order valence-electron chi connectivity index (χ3n) is 3.81. The van der Waals surface area contributed by atoms with Crippen LogP contribution in [0.25, 0.3) is 22.2 Å². The van der Waals surface area contributed by atoms with E-state index in [0.717, 1.165) is 27.9 Å². The molecule has 0 spiro atoms. The normalized spacial score (nSPS) is 10.9. The van der Waals surface area contributed by atoms with E-state index in [9.17, 15) is 4.79 Å². The zero-order valence-corrected chi connectivity index (χ0v) is 13.8. The van der Waals surface area contributed by atoms with E-state index in [1.165, 1.54) is 0 Å². The molecule has 1 N–H and O–H groups in total. The van der Waals surface area contributed by atoms with Crippen molar-refractivity contribution in [3.8, 4) is 11.1 Å². The Morgan fingerprint density at radius 3 is 2.79 bits per heavy atom. The molecule has 6 nitrogen and oxygen atoms in total. The molecule has 0 saturated carbocycles. The van der Waals surface area contributed by atoms with Crippen molar-refractivity contribution < 1.29 is 9.53 Å². The lowest BCUT2D eigenvalue weighted by Gasteiger charge is -2.06. The zero-order chi connectivity index (χ0) is 16.9. The van der Waals surface area contributed by atoms with Gasteiger partial charge in [-0.2, -0.15) is 5.10 Å². The number of carbonyl (C=O) groups is 1. The minimum Gasteiger partial charge on any atom is -0.383 e. The van der Waals surface area contributed by atoms with Crippen LogP contribution in [0, 0.1) is 6.92 Å². The summed E-state index contributed by atoms with van der Waals surface area (Å²) in [6, 6.07) is 12.1. The van der Waals surface area contributed by atoms with Crippen LogP contribution >= 0.6 is 0 Å². The molecule has 0 unspecified atom stereocenters. The molecule has 3 aromatic rings. The van der Waals surface area contributed by atoms with Crippen LogP contribution in [0.5, 0.6) is 0 Å². The van der Waals surface area contributed by atoms with Gasteiger partial charge in [-0.1, -0.05) is 30.3 Å². The van der Waals surface area contributed by atoms with E-state index in [-0.39, 0.29) is 12.5 Å². The third-order valence-corrected chi connectivity index (χ3v) is 3.81. The summed E-state index contributed by atoms with van der Waals surface area (Å²) in [5.41, 5.74) is 3.76. The molecule has 6 heteroatoms. The number of methoxy groups -OCH3 is 1. The number of amides is 1. The Balaban J connectivity index is 1.93. The molecule has 1 amide bonds. The maximum Gasteiger partial charge on any atom is 0.241 e. The number of aromatic nitrogens is 3. The van der Waals surface area contributed by atoms with Gasteiger partial charge in [-0.25, -0.2) is 9.67 Å². The average molecular weight is 324 g/mol. The van der Waals surface area contributed by atoms with Crippen molar-refractivity contribution in [2.24, 2.45) is 0 Å². The minimum absolute atomic E-state index is 0.108. The smallest absolute Gasteiger partial charge is 0.241 e. The van der Waals surface area contributed by atoms with Crippen LogP contribution in [-0.4, -0.2) is 40.9 Å². The van der Waals surface area contributed by atoms with Crippen molar-refractivity contribution in [3.63, 3.8) is 0 Å². The van der Waals surface area contributed by atoms with Crippen LogP contribution in [0.1, 0.15) is 5.69 Å². The summed E-state index contributed by atoms with van der Waals surface area (Å²) >= 11 is 0. The second-order valence-corrected chi connectivity index (χ2v) is 5.51. The van der Waals surface area contributed by atoms with Crippen molar-refractivity contribution in [2.75, 3.05) is 20.3 Å². The number of nitrogens with one attached hydrogen (secondary N) is 1. The predicted octanol–water partition coefficient (Wildman–Crippen LogP) is 2.17. The van der Waals surface area contributed by atoms with E-state index in [2.05, 4.69) is 27.5 Å². The van der Waals surface area contributed by atoms with Gasteiger partial charge in [-0.05, 0) is 24.1 Å². The van der Waals surface area contributed by atoms with Gasteiger partial charge in [0.25, 0.3) is 0 Å². The topological polar surface area (TPSA) is 69.0 Å². The molecule has 24 heavy (non-hydrogen) atoms. The van der Waals surface area contributed by atoms with Gasteiger partial charge in [0.1, 0.15) is 6.54 Å². The Hall–Kier alpha value is -2.73. The van der Waals surface area contributed by atoms with Crippen molar-refractivity contribution in [1.82, 2.24) is 20.1 Å². The maximum atomic E-state index is 12.0. The van der Waals surface area contributed by atoms with Crippen molar-refractivity contribution in [1.29, 1.82) is 0 Å². The summed E-state index contributed by atoms with van der Waals surface area (Å²) < 4.78 is 6.58. The zero-order valence-electron chi connectivity index (χ0n) is 13.8. The molecule has 2 aromatic heterocycles. The standard InChI is InChI=1S/C18H20N4O2/c1-13-17-15(14-6-4-3-5-7-14)8-9-20-18(17)22(21-13)12-16(23)19-10-11-24-2/h3-9H,10-12H2,1-2H3,(H,19,23). The molecule has 0 aliphatic heterocycles. The molecule has 3 rings (SSSR count). The van der Waals surface area contributed by atoms with Crippen LogP contribution in [0.2, 0.25) is 0 Å². The van der Waals surface area contributed by atoms with E-state index in [1.807, 2.05) is 31.2 Å². The molecule has 0 aliphatic carbocycles. The van der Waals surface area contributed by atoms with Crippen LogP contribution in [0.3, 0.4) is 0 Å². The highest BCUT2D eigenvalue weighted by atomic mass is 16.5. The van der Waals surface area contributed by atoms with Gasteiger partial charge < -0.3 is 10.1 Å². The Kier molecular flexibility index (Phi) is 4.86. The average Bonchev–Trinajstić information content (AvgIpc) is 2.92. The number of hydrogen-bond donors (Lipinski definition) is 1. The molecule has 0 radical (unpaired) electrons. The molecule has 0 fully saturated rings. The van der Waals surface area contributed by atoms with E-state index in [1.54, 1.807) is 18.0 Å². The lowest BCUT2D eigenvalue weighted by molar-refractivity contribution is -0.121. The van der Waals surface area contributed by atoms with Crippen molar-refractivity contribution in [3.05, 3.63) is 48.3 Å². The van der Waals surface area contributed by atoms with E-state index >= 15 is 0 Å². The highest BCUT2D eigenvalue weighted by Crippen LogP contribution is 2.29. The van der Waals surface area contributed by atoms with Crippen LogP contribution in [-0.2, 0) is 16.1 Å². The summed E-state index contributed by atoms with van der Waals surface area (Å²) in [7, 11) is 1.60. The summed E-state index contributed by atoms with van der Waals surface area (Å²) in [6.45, 7) is 3.05. The maximum absolute atomic E-state index is 12.0. The number of fused-ring (bicyclic) bond motifs is 1. The first-order chi connectivity index (χ1) is 11.7. The number of pyridine rings is 1. The SMILES string of the molecule is COCCNC(=O)Cn1nc(C)c2c(-c3ccccc3)ccnc21. The first kappa shape index (κ1) is 16.1. The van der Waals surface area contributed by atoms with E-state index < -0.39 is 0 Å². The summed E-state index contributed by atoms with van der Waals surface area (Å²) in [5, 5.41) is 8.29. The molecule has 124 valence electrons. The van der Waals surface area contributed by atoms with Crippen LogP contribution < -0.4 is 5.32 Å². The van der Waals surface area contributed by atoms with E-state index in [4.69, 9.17) is 4.74 Å². The fourth-order valence-corrected chi connectivity index (χ4v) is 2.73. The molecule has 0 bridgehead atoms. The Bertz CT molecular complexity index is 843. The van der Waals surface area contributed by atoms with Gasteiger partial charge in [-0.3, -0.25) is 4.79 Å². The second-order valence-electron chi connectivity index (χ2n) is 5.51. The molecule has 1 aromatic carbocycles. The monoisotopic (exact) mass is 324 g/mol. The van der Waals surface area contributed by atoms with Crippen molar-refractivity contribution >= 4 is 16.9 Å². The number of nitrogens with zero attached hydrogens (tertiary/aromatic N) is 3. The molecule has 2 heterocycles. The fraction of sp³-hybridized carbons (Fsp3) is 0.278. The summed E-state index contributed by atoms with van der Waals surface area (Å²) in [6.07, 6.45) is 1.76. The van der Waals surface area contributed by atoms with Crippen LogP contribution in [0.15, 0.2) is 42.6 Å². The summed E-state index contributed by atoms with van der Waals surface area (Å²) in [4.78, 5) is 16.5. The highest BCUT2D eigenvalue weighted by Gasteiger charge is 2.15. The van der Waals surface area contributed by atoms with Gasteiger partial charge in [0.2, 0.25) is 5.91 Å². The first-order valence-corrected chi connectivity index (χ1v) is 7.84. The quantitative estimate of drug-likeness (QED) is 0.706. The molecule has 0 aliphatic rings. The highest BCUT2D eigenvalue weighted by molar-refractivity contribution is 5.95. The van der Waals surface area contributed by atoms with Gasteiger partial charge >= 0.3 is 0 Å². The lowest BCUT2D eigenvalue weighted by atomic mass is 10.0. The molecular formula is C18H20N4O2. The predicted molar refractivity (Wildman–Crippen MR) is 92.6 cm³/mol. The molecular weight excluding hydrogens is 304 g/mol. The Morgan fingerprint density at radius 2 is 2.04 bits per heavy atom.